The number of nitrogens with two attached hydrogens (primary N) is 1. The molecule has 1 aliphatic carbocycles. The molecule has 0 aliphatic heterocycles. The van der Waals surface area contributed by atoms with Crippen LogP contribution in [0.2, 0.25) is 0 Å². The Balaban J connectivity index is 2.03. The van der Waals surface area contributed by atoms with E-state index < -0.39 is 0 Å². The highest BCUT2D eigenvalue weighted by molar-refractivity contribution is 7.11. The lowest BCUT2D eigenvalue weighted by Gasteiger charge is -2.11. The number of aromatic nitrogens is 1. The third-order valence-electron chi connectivity index (χ3n) is 2.79. The highest BCUT2D eigenvalue weighted by Gasteiger charge is 2.36. The van der Waals surface area contributed by atoms with Crippen LogP contribution in [0.4, 0.5) is 10.8 Å². The SMILES string of the molecule is CCC1CC1Nc1snc(N)c1OC(C)C. The van der Waals surface area contributed by atoms with Gasteiger partial charge in [-0.1, -0.05) is 13.3 Å². The average molecular weight is 241 g/mol. The van der Waals surface area contributed by atoms with Gasteiger partial charge in [0.05, 0.1) is 6.10 Å². The largest absolute Gasteiger partial charge is 0.484 e. The number of hydrogen-bond acceptors (Lipinski definition) is 5. The van der Waals surface area contributed by atoms with E-state index in [1.807, 2.05) is 13.8 Å². The molecule has 0 amide bonds. The van der Waals surface area contributed by atoms with E-state index in [9.17, 15) is 0 Å². The van der Waals surface area contributed by atoms with Crippen LogP contribution in [0.15, 0.2) is 0 Å². The third kappa shape index (κ3) is 2.40. The van der Waals surface area contributed by atoms with Crippen molar-refractivity contribution >= 4 is 22.4 Å². The van der Waals surface area contributed by atoms with Crippen molar-refractivity contribution in [3.8, 4) is 5.75 Å². The maximum absolute atomic E-state index is 5.79. The van der Waals surface area contributed by atoms with E-state index in [2.05, 4.69) is 16.6 Å². The molecule has 1 aliphatic rings. The summed E-state index contributed by atoms with van der Waals surface area (Å²) in [5.74, 6) is 2.02. The van der Waals surface area contributed by atoms with Gasteiger partial charge in [0.2, 0.25) is 0 Å². The summed E-state index contributed by atoms with van der Waals surface area (Å²) in [6.45, 7) is 6.21. The zero-order chi connectivity index (χ0) is 11.7. The molecule has 0 saturated heterocycles. The molecule has 5 heteroatoms. The van der Waals surface area contributed by atoms with Gasteiger partial charge in [-0.25, -0.2) is 0 Å². The van der Waals surface area contributed by atoms with Crippen LogP contribution in [0, 0.1) is 5.92 Å². The number of nitrogen functional groups attached to an aromatic ring is 1. The Bertz CT molecular complexity index is 364. The van der Waals surface area contributed by atoms with Crippen molar-refractivity contribution < 1.29 is 4.74 Å². The van der Waals surface area contributed by atoms with Crippen LogP contribution in [-0.2, 0) is 0 Å². The number of ether oxygens (including phenoxy) is 1. The van der Waals surface area contributed by atoms with Gasteiger partial charge >= 0.3 is 0 Å². The molecule has 4 nitrogen and oxygen atoms in total. The molecule has 0 spiro atoms. The van der Waals surface area contributed by atoms with E-state index in [4.69, 9.17) is 10.5 Å². The van der Waals surface area contributed by atoms with E-state index in [1.165, 1.54) is 24.4 Å². The van der Waals surface area contributed by atoms with E-state index in [1.54, 1.807) is 0 Å². The number of anilines is 2. The lowest BCUT2D eigenvalue weighted by molar-refractivity contribution is 0.245. The molecule has 1 aromatic rings. The summed E-state index contributed by atoms with van der Waals surface area (Å²) < 4.78 is 9.81. The summed E-state index contributed by atoms with van der Waals surface area (Å²) in [6, 6.07) is 0.583. The first kappa shape index (κ1) is 11.5. The van der Waals surface area contributed by atoms with Gasteiger partial charge in [-0.2, -0.15) is 4.37 Å². The molecule has 3 N–H and O–H groups in total. The predicted octanol–water partition coefficient (Wildman–Crippen LogP) is 2.72. The molecule has 2 unspecified atom stereocenters. The average Bonchev–Trinajstić information content (AvgIpc) is 2.91. The molecule has 16 heavy (non-hydrogen) atoms. The van der Waals surface area contributed by atoms with Crippen LogP contribution < -0.4 is 15.8 Å². The fourth-order valence-electron chi connectivity index (χ4n) is 1.78. The zero-order valence-electron chi connectivity index (χ0n) is 9.99. The smallest absolute Gasteiger partial charge is 0.197 e. The standard InChI is InChI=1S/C11H19N3OS/c1-4-7-5-8(7)13-11-9(15-6(2)3)10(12)14-16-11/h6-8,13H,4-5H2,1-3H3,(H2,12,14). The van der Waals surface area contributed by atoms with Crippen molar-refractivity contribution in [2.24, 2.45) is 5.92 Å². The third-order valence-corrected chi connectivity index (χ3v) is 3.56. The maximum atomic E-state index is 5.79. The van der Waals surface area contributed by atoms with Crippen LogP contribution in [0.1, 0.15) is 33.6 Å². The van der Waals surface area contributed by atoms with Gasteiger partial charge in [-0.3, -0.25) is 0 Å². The Morgan fingerprint density at radius 3 is 2.94 bits per heavy atom. The Labute approximate surface area is 100 Å². The summed E-state index contributed by atoms with van der Waals surface area (Å²) in [4.78, 5) is 0. The number of nitrogens with zero attached hydrogens (tertiary/aromatic N) is 1. The normalized spacial score (nSPS) is 23.5. The van der Waals surface area contributed by atoms with Crippen LogP contribution >= 0.6 is 11.5 Å². The Hall–Kier alpha value is -0.970. The topological polar surface area (TPSA) is 60.2 Å². The molecule has 1 saturated carbocycles. The number of nitrogens with one attached hydrogen (secondary N) is 1. The van der Waals surface area contributed by atoms with Gasteiger partial charge in [-0.15, -0.1) is 0 Å². The Kier molecular flexibility index (Phi) is 3.23. The van der Waals surface area contributed by atoms with E-state index >= 15 is 0 Å². The first-order valence-corrected chi connectivity index (χ1v) is 6.57. The lowest BCUT2D eigenvalue weighted by Crippen LogP contribution is -2.10. The first-order valence-electron chi connectivity index (χ1n) is 5.80. The van der Waals surface area contributed by atoms with Crippen molar-refractivity contribution in [1.29, 1.82) is 0 Å². The Morgan fingerprint density at radius 2 is 2.38 bits per heavy atom. The number of rotatable bonds is 5. The highest BCUT2D eigenvalue weighted by Crippen LogP contribution is 2.42. The second-order valence-electron chi connectivity index (χ2n) is 4.55. The molecular formula is C11H19N3OS. The molecule has 1 fully saturated rings. The summed E-state index contributed by atoms with van der Waals surface area (Å²) in [5, 5.41) is 4.44. The summed E-state index contributed by atoms with van der Waals surface area (Å²) in [6.07, 6.45) is 2.60. The fraction of sp³-hybridized carbons (Fsp3) is 0.727. The monoisotopic (exact) mass is 241 g/mol. The van der Waals surface area contributed by atoms with Gasteiger partial charge in [0.25, 0.3) is 0 Å². The molecule has 90 valence electrons. The van der Waals surface area contributed by atoms with Crippen molar-refractivity contribution in [3.63, 3.8) is 0 Å². The quantitative estimate of drug-likeness (QED) is 0.832. The second kappa shape index (κ2) is 4.49. The summed E-state index contributed by atoms with van der Waals surface area (Å²) in [5.41, 5.74) is 5.79. The lowest BCUT2D eigenvalue weighted by atomic mass is 10.3. The van der Waals surface area contributed by atoms with E-state index in [0.29, 0.717) is 11.9 Å². The fourth-order valence-corrected chi connectivity index (χ4v) is 2.49. The maximum Gasteiger partial charge on any atom is 0.197 e. The summed E-state index contributed by atoms with van der Waals surface area (Å²) >= 11 is 1.39. The predicted molar refractivity (Wildman–Crippen MR) is 68.1 cm³/mol. The van der Waals surface area contributed by atoms with E-state index in [0.717, 1.165) is 16.7 Å². The molecule has 0 bridgehead atoms. The first-order chi connectivity index (χ1) is 7.61. The molecule has 1 aromatic heterocycles. The Morgan fingerprint density at radius 1 is 1.62 bits per heavy atom. The van der Waals surface area contributed by atoms with Gasteiger partial charge in [0.15, 0.2) is 16.6 Å². The van der Waals surface area contributed by atoms with Crippen LogP contribution in [0.3, 0.4) is 0 Å². The number of hydrogen-bond donors (Lipinski definition) is 2. The molecular weight excluding hydrogens is 222 g/mol. The van der Waals surface area contributed by atoms with Crippen molar-refractivity contribution in [1.82, 2.24) is 4.37 Å². The van der Waals surface area contributed by atoms with Crippen LogP contribution in [0.5, 0.6) is 5.75 Å². The van der Waals surface area contributed by atoms with Crippen LogP contribution in [0.25, 0.3) is 0 Å². The molecule has 2 atom stereocenters. The molecule has 2 rings (SSSR count). The second-order valence-corrected chi connectivity index (χ2v) is 5.32. The van der Waals surface area contributed by atoms with Gasteiger partial charge in [-0.05, 0) is 37.7 Å². The van der Waals surface area contributed by atoms with Crippen molar-refractivity contribution in [2.75, 3.05) is 11.1 Å². The highest BCUT2D eigenvalue weighted by atomic mass is 32.1. The van der Waals surface area contributed by atoms with Crippen molar-refractivity contribution in [2.45, 2.75) is 45.8 Å². The molecule has 0 aromatic carbocycles. The van der Waals surface area contributed by atoms with Crippen molar-refractivity contribution in [3.05, 3.63) is 0 Å². The minimum atomic E-state index is 0.125. The van der Waals surface area contributed by atoms with E-state index in [-0.39, 0.29) is 6.10 Å². The van der Waals surface area contributed by atoms with Crippen LogP contribution in [-0.4, -0.2) is 16.5 Å². The van der Waals surface area contributed by atoms with Gasteiger partial charge < -0.3 is 15.8 Å². The van der Waals surface area contributed by atoms with Gasteiger partial charge in [0.1, 0.15) is 0 Å². The van der Waals surface area contributed by atoms with Gasteiger partial charge in [0, 0.05) is 6.04 Å². The molecule has 0 radical (unpaired) electrons. The molecule has 1 heterocycles. The minimum Gasteiger partial charge on any atom is -0.484 e. The summed E-state index contributed by atoms with van der Waals surface area (Å²) in [7, 11) is 0. The minimum absolute atomic E-state index is 0.125. The zero-order valence-corrected chi connectivity index (χ0v) is 10.8.